The van der Waals surface area contributed by atoms with Crippen LogP contribution in [-0.2, 0) is 13.0 Å². The molecule has 0 saturated heterocycles. The number of aromatic carboxylic acids is 1. The molecule has 0 atom stereocenters. The van der Waals surface area contributed by atoms with Gasteiger partial charge in [-0.05, 0) is 35.7 Å². The number of carbonyl (C=O) groups is 1. The fourth-order valence-corrected chi connectivity index (χ4v) is 4.42. The number of fused-ring (bicyclic) bond motifs is 2. The molecule has 164 valence electrons. The van der Waals surface area contributed by atoms with Crippen molar-refractivity contribution in [1.82, 2.24) is 14.5 Å². The largest absolute Gasteiger partial charge is 0.478 e. The Kier molecular flexibility index (Phi) is 5.26. The quantitative estimate of drug-likeness (QED) is 0.380. The van der Waals surface area contributed by atoms with E-state index in [1.165, 1.54) is 0 Å². The van der Waals surface area contributed by atoms with Crippen LogP contribution >= 0.6 is 0 Å². The summed E-state index contributed by atoms with van der Waals surface area (Å²) in [4.78, 5) is 32.5. The Morgan fingerprint density at radius 2 is 1.73 bits per heavy atom. The van der Waals surface area contributed by atoms with Gasteiger partial charge in [0, 0.05) is 23.9 Å². The summed E-state index contributed by atoms with van der Waals surface area (Å²) in [7, 11) is 0. The van der Waals surface area contributed by atoms with E-state index < -0.39 is 11.5 Å². The number of pyridine rings is 1. The van der Waals surface area contributed by atoms with E-state index in [4.69, 9.17) is 4.98 Å². The smallest absolute Gasteiger partial charge is 0.337 e. The zero-order valence-corrected chi connectivity index (χ0v) is 18.2. The summed E-state index contributed by atoms with van der Waals surface area (Å²) in [5.41, 5.74) is 3.98. The van der Waals surface area contributed by atoms with Gasteiger partial charge in [0.1, 0.15) is 5.82 Å². The van der Waals surface area contributed by atoms with Crippen LogP contribution in [0.1, 0.15) is 35.1 Å². The van der Waals surface area contributed by atoms with Gasteiger partial charge in [-0.2, -0.15) is 0 Å². The summed E-state index contributed by atoms with van der Waals surface area (Å²) < 4.78 is 2.22. The zero-order valence-electron chi connectivity index (χ0n) is 18.2. The Morgan fingerprint density at radius 1 is 1.00 bits per heavy atom. The number of carboxylic acids is 1. The first-order valence-corrected chi connectivity index (χ1v) is 11.0. The fourth-order valence-electron chi connectivity index (χ4n) is 4.42. The molecule has 0 aliphatic carbocycles. The number of nitrogens with zero attached hydrogens (tertiary/aromatic N) is 2. The predicted octanol–water partition coefficient (Wildman–Crippen LogP) is 5.24. The number of hydrogen-bond donors (Lipinski definition) is 2. The third-order valence-corrected chi connectivity index (χ3v) is 5.93. The first-order valence-electron chi connectivity index (χ1n) is 11.0. The number of H-pyrrole nitrogens is 1. The maximum absolute atomic E-state index is 12.8. The molecule has 5 rings (SSSR count). The number of imidazole rings is 1. The van der Waals surface area contributed by atoms with Crippen LogP contribution < -0.4 is 5.56 Å². The second-order valence-electron chi connectivity index (χ2n) is 8.10. The molecule has 2 aromatic heterocycles. The average molecular weight is 437 g/mol. The van der Waals surface area contributed by atoms with Crippen molar-refractivity contribution in [3.8, 4) is 11.1 Å². The highest BCUT2D eigenvalue weighted by atomic mass is 16.4. The minimum atomic E-state index is -1.12. The van der Waals surface area contributed by atoms with Crippen molar-refractivity contribution in [3.63, 3.8) is 0 Å². The number of hydrogen-bond acceptors (Lipinski definition) is 3. The third-order valence-electron chi connectivity index (χ3n) is 5.93. The Labute approximate surface area is 190 Å². The Bertz CT molecular complexity index is 1550. The lowest BCUT2D eigenvalue weighted by Crippen LogP contribution is -2.16. The summed E-state index contributed by atoms with van der Waals surface area (Å²) in [5.74, 6) is -0.0765. The van der Waals surface area contributed by atoms with Gasteiger partial charge in [0.2, 0.25) is 0 Å². The van der Waals surface area contributed by atoms with Crippen molar-refractivity contribution >= 4 is 27.9 Å². The van der Waals surface area contributed by atoms with Crippen LogP contribution in [0.2, 0.25) is 0 Å². The fraction of sp³-hybridized carbons (Fsp3) is 0.148. The minimum Gasteiger partial charge on any atom is -0.478 e. The molecule has 6 heteroatoms. The van der Waals surface area contributed by atoms with E-state index in [0.29, 0.717) is 23.0 Å². The molecule has 2 N–H and O–H groups in total. The van der Waals surface area contributed by atoms with E-state index in [0.717, 1.165) is 35.3 Å². The molecule has 33 heavy (non-hydrogen) atoms. The van der Waals surface area contributed by atoms with Gasteiger partial charge in [0.05, 0.1) is 22.2 Å². The van der Waals surface area contributed by atoms with Crippen LogP contribution in [0.15, 0.2) is 77.6 Å². The zero-order chi connectivity index (χ0) is 22.9. The standard InChI is InChI=1S/C27H23N3O3/c1-2-7-23-28-21-10-5-6-11-22(21)30(23)16-17-12-14-18(15-13-17)24-25(27(32)33)19-8-3-4-9-20(19)29-26(24)31/h3-6,8-15H,2,7,16H2,1H3,(H,29,31)(H,32,33). The molecule has 0 aliphatic rings. The van der Waals surface area contributed by atoms with Crippen molar-refractivity contribution in [1.29, 1.82) is 0 Å². The van der Waals surface area contributed by atoms with E-state index in [1.54, 1.807) is 24.3 Å². The average Bonchev–Trinajstić information content (AvgIpc) is 3.16. The molecule has 6 nitrogen and oxygen atoms in total. The van der Waals surface area contributed by atoms with Crippen LogP contribution in [0.5, 0.6) is 0 Å². The number of nitrogens with one attached hydrogen (secondary N) is 1. The van der Waals surface area contributed by atoms with E-state index in [-0.39, 0.29) is 11.1 Å². The van der Waals surface area contributed by atoms with Gasteiger partial charge in [-0.25, -0.2) is 9.78 Å². The maximum atomic E-state index is 12.8. The van der Waals surface area contributed by atoms with E-state index in [9.17, 15) is 14.7 Å². The number of carboxylic acid groups (broad SMARTS) is 1. The van der Waals surface area contributed by atoms with Gasteiger partial charge in [-0.1, -0.05) is 61.5 Å². The first kappa shape index (κ1) is 20.7. The lowest BCUT2D eigenvalue weighted by molar-refractivity contribution is 0.0699. The van der Waals surface area contributed by atoms with Crippen molar-refractivity contribution in [2.75, 3.05) is 0 Å². The number of benzene rings is 3. The van der Waals surface area contributed by atoms with Gasteiger partial charge >= 0.3 is 5.97 Å². The first-order chi connectivity index (χ1) is 16.1. The molecule has 0 unspecified atom stereocenters. The van der Waals surface area contributed by atoms with Crippen LogP contribution in [0, 0.1) is 0 Å². The molecule has 3 aromatic carbocycles. The highest BCUT2D eigenvalue weighted by molar-refractivity contribution is 6.08. The van der Waals surface area contributed by atoms with Crippen molar-refractivity contribution in [2.24, 2.45) is 0 Å². The van der Waals surface area contributed by atoms with Crippen LogP contribution in [0.3, 0.4) is 0 Å². The number of aromatic amines is 1. The molecule has 0 saturated carbocycles. The number of aromatic nitrogens is 3. The molecule has 0 amide bonds. The van der Waals surface area contributed by atoms with E-state index in [1.807, 2.05) is 42.5 Å². The van der Waals surface area contributed by atoms with E-state index >= 15 is 0 Å². The van der Waals surface area contributed by atoms with Crippen LogP contribution in [-0.4, -0.2) is 25.6 Å². The monoisotopic (exact) mass is 437 g/mol. The molecule has 2 heterocycles. The van der Waals surface area contributed by atoms with Gasteiger partial charge < -0.3 is 14.7 Å². The second kappa shape index (κ2) is 8.39. The molecule has 0 aliphatic heterocycles. The molecule has 5 aromatic rings. The minimum absolute atomic E-state index is 0.0212. The normalized spacial score (nSPS) is 11.3. The van der Waals surface area contributed by atoms with Crippen LogP contribution in [0.25, 0.3) is 33.1 Å². The lowest BCUT2D eigenvalue weighted by Gasteiger charge is -2.12. The van der Waals surface area contributed by atoms with Crippen molar-refractivity contribution in [3.05, 3.63) is 100 Å². The van der Waals surface area contributed by atoms with Gasteiger partial charge in [0.15, 0.2) is 0 Å². The maximum Gasteiger partial charge on any atom is 0.337 e. The van der Waals surface area contributed by atoms with Gasteiger partial charge in [0.25, 0.3) is 5.56 Å². The summed E-state index contributed by atoms with van der Waals surface area (Å²) in [6.07, 6.45) is 1.90. The lowest BCUT2D eigenvalue weighted by atomic mass is 9.96. The third kappa shape index (κ3) is 3.69. The molecular formula is C27H23N3O3. The SMILES string of the molecule is CCCc1nc2ccccc2n1Cc1ccc(-c2c(C(=O)O)c3ccccc3[nH]c2=O)cc1. The summed E-state index contributed by atoms with van der Waals surface area (Å²) in [6, 6.07) is 22.6. The summed E-state index contributed by atoms with van der Waals surface area (Å²) in [6.45, 7) is 2.79. The molecule has 0 spiro atoms. The molecule has 0 fully saturated rings. The summed E-state index contributed by atoms with van der Waals surface area (Å²) >= 11 is 0. The highest BCUT2D eigenvalue weighted by Gasteiger charge is 2.20. The number of aryl methyl sites for hydroxylation is 1. The molecule has 0 radical (unpaired) electrons. The Morgan fingerprint density at radius 3 is 2.48 bits per heavy atom. The number of rotatable bonds is 6. The molecular weight excluding hydrogens is 414 g/mol. The predicted molar refractivity (Wildman–Crippen MR) is 130 cm³/mol. The van der Waals surface area contributed by atoms with Gasteiger partial charge in [-0.15, -0.1) is 0 Å². The second-order valence-corrected chi connectivity index (χ2v) is 8.10. The van der Waals surface area contributed by atoms with Gasteiger partial charge in [-0.3, -0.25) is 4.79 Å². The highest BCUT2D eigenvalue weighted by Crippen LogP contribution is 2.27. The summed E-state index contributed by atoms with van der Waals surface area (Å²) in [5, 5.41) is 10.4. The molecule has 0 bridgehead atoms. The van der Waals surface area contributed by atoms with Crippen molar-refractivity contribution in [2.45, 2.75) is 26.3 Å². The van der Waals surface area contributed by atoms with E-state index in [2.05, 4.69) is 22.5 Å². The van der Waals surface area contributed by atoms with Crippen molar-refractivity contribution < 1.29 is 9.90 Å². The topological polar surface area (TPSA) is 88.0 Å². The number of para-hydroxylation sites is 3. The Balaban J connectivity index is 1.57. The Hall–Kier alpha value is -4.19. The van der Waals surface area contributed by atoms with Crippen LogP contribution in [0.4, 0.5) is 0 Å².